The normalized spacial score (nSPS) is 10.0. The summed E-state index contributed by atoms with van der Waals surface area (Å²) in [6.45, 7) is 0. The minimum atomic E-state index is -0.644. The van der Waals surface area contributed by atoms with Crippen LogP contribution in [0.2, 0.25) is 0 Å². The van der Waals surface area contributed by atoms with Crippen molar-refractivity contribution in [1.82, 2.24) is 19.1 Å². The Morgan fingerprint density at radius 2 is 1.18 bits per heavy atom. The molecule has 0 spiro atoms. The van der Waals surface area contributed by atoms with Gasteiger partial charge in [-0.15, -0.1) is 0 Å². The zero-order chi connectivity index (χ0) is 14.3. The Morgan fingerprint density at radius 3 is 1.50 bits per heavy atom. The standard InChI is InChI=1S/C14H12F2N4.2CH4/c1-19-5-3-17-13(19)9-7-10(12(16)8-11(9)15)14-18-4-6-20(14)2;;/h3-8H,1-2H3;2*1H4. The lowest BCUT2D eigenvalue weighted by Crippen LogP contribution is -1.99. The fourth-order valence-corrected chi connectivity index (χ4v) is 2.14. The Labute approximate surface area is 129 Å². The van der Waals surface area contributed by atoms with Crippen LogP contribution in [0.4, 0.5) is 8.78 Å². The monoisotopic (exact) mass is 306 g/mol. The summed E-state index contributed by atoms with van der Waals surface area (Å²) in [5.41, 5.74) is 0.494. The number of imidazole rings is 2. The van der Waals surface area contributed by atoms with Gasteiger partial charge in [0.05, 0.1) is 11.1 Å². The van der Waals surface area contributed by atoms with Gasteiger partial charge in [-0.2, -0.15) is 0 Å². The molecule has 2 heterocycles. The van der Waals surface area contributed by atoms with Crippen LogP contribution in [0.15, 0.2) is 36.9 Å². The number of rotatable bonds is 2. The molecule has 0 N–H and O–H groups in total. The maximum absolute atomic E-state index is 14.0. The lowest BCUT2D eigenvalue weighted by Gasteiger charge is -2.08. The summed E-state index contributed by atoms with van der Waals surface area (Å²) in [5, 5.41) is 0. The van der Waals surface area contributed by atoms with Crippen LogP contribution < -0.4 is 0 Å². The van der Waals surface area contributed by atoms with Gasteiger partial charge in [-0.1, -0.05) is 14.9 Å². The number of hydrogen-bond donors (Lipinski definition) is 0. The van der Waals surface area contributed by atoms with E-state index in [2.05, 4.69) is 9.97 Å². The van der Waals surface area contributed by atoms with E-state index in [0.717, 1.165) is 6.07 Å². The summed E-state index contributed by atoms with van der Waals surface area (Å²) < 4.78 is 31.3. The SMILES string of the molecule is C.C.Cn1ccnc1-c1cc(-c2nccn2C)c(F)cc1F. The van der Waals surface area contributed by atoms with E-state index in [4.69, 9.17) is 0 Å². The molecule has 3 aromatic rings. The second-order valence-electron chi connectivity index (χ2n) is 4.54. The van der Waals surface area contributed by atoms with Gasteiger partial charge < -0.3 is 9.13 Å². The summed E-state index contributed by atoms with van der Waals surface area (Å²) in [5.74, 6) is -0.402. The molecular weight excluding hydrogens is 286 g/mol. The summed E-state index contributed by atoms with van der Waals surface area (Å²) in [4.78, 5) is 8.19. The highest BCUT2D eigenvalue weighted by atomic mass is 19.1. The first-order valence-electron chi connectivity index (χ1n) is 6.02. The van der Waals surface area contributed by atoms with E-state index in [9.17, 15) is 8.78 Å². The van der Waals surface area contributed by atoms with E-state index in [1.807, 2.05) is 0 Å². The maximum Gasteiger partial charge on any atom is 0.142 e. The number of nitrogens with zero attached hydrogens (tertiary/aromatic N) is 4. The van der Waals surface area contributed by atoms with Crippen LogP contribution in [0.3, 0.4) is 0 Å². The van der Waals surface area contributed by atoms with Crippen LogP contribution >= 0.6 is 0 Å². The van der Waals surface area contributed by atoms with E-state index in [1.165, 1.54) is 6.07 Å². The summed E-state index contributed by atoms with van der Waals surface area (Å²) in [7, 11) is 3.51. The van der Waals surface area contributed by atoms with Gasteiger partial charge in [0.25, 0.3) is 0 Å². The molecule has 0 bridgehead atoms. The van der Waals surface area contributed by atoms with Gasteiger partial charge in [0.2, 0.25) is 0 Å². The molecule has 2 aromatic heterocycles. The Hall–Kier alpha value is -2.50. The zero-order valence-corrected chi connectivity index (χ0v) is 11.0. The molecule has 4 nitrogen and oxygen atoms in total. The number of halogens is 2. The van der Waals surface area contributed by atoms with Gasteiger partial charge >= 0.3 is 0 Å². The molecule has 0 aliphatic carbocycles. The first-order valence-corrected chi connectivity index (χ1v) is 6.02. The highest BCUT2D eigenvalue weighted by molar-refractivity contribution is 5.67. The van der Waals surface area contributed by atoms with Crippen molar-refractivity contribution in [3.63, 3.8) is 0 Å². The Balaban J connectivity index is 0.00000121. The van der Waals surface area contributed by atoms with Gasteiger partial charge in [0.1, 0.15) is 23.3 Å². The highest BCUT2D eigenvalue weighted by Gasteiger charge is 2.17. The lowest BCUT2D eigenvalue weighted by molar-refractivity contribution is 0.585. The van der Waals surface area contributed by atoms with Gasteiger partial charge in [-0.3, -0.25) is 0 Å². The van der Waals surface area contributed by atoms with Crippen molar-refractivity contribution in [3.8, 4) is 22.8 Å². The van der Waals surface area contributed by atoms with E-state index in [0.29, 0.717) is 11.6 Å². The second kappa shape index (κ2) is 6.51. The van der Waals surface area contributed by atoms with Crippen LogP contribution in [0.1, 0.15) is 14.9 Å². The predicted molar refractivity (Wildman–Crippen MR) is 84.2 cm³/mol. The topological polar surface area (TPSA) is 35.6 Å². The van der Waals surface area contributed by atoms with E-state index >= 15 is 0 Å². The van der Waals surface area contributed by atoms with Crippen LogP contribution in [-0.2, 0) is 14.1 Å². The lowest BCUT2D eigenvalue weighted by atomic mass is 10.1. The van der Waals surface area contributed by atoms with Crippen molar-refractivity contribution in [2.45, 2.75) is 14.9 Å². The summed E-state index contributed by atoms with van der Waals surface area (Å²) in [6.07, 6.45) is 6.55. The molecule has 6 heteroatoms. The first-order chi connectivity index (χ1) is 9.58. The molecule has 0 aliphatic rings. The van der Waals surface area contributed by atoms with Crippen molar-refractivity contribution in [3.05, 3.63) is 48.6 Å². The number of hydrogen-bond acceptors (Lipinski definition) is 2. The minimum Gasteiger partial charge on any atom is -0.334 e. The first kappa shape index (κ1) is 17.6. The van der Waals surface area contributed by atoms with Crippen molar-refractivity contribution < 1.29 is 8.78 Å². The smallest absolute Gasteiger partial charge is 0.142 e. The minimum absolute atomic E-state index is 0. The average Bonchev–Trinajstić information content (AvgIpc) is 2.99. The van der Waals surface area contributed by atoms with Crippen LogP contribution in [0.5, 0.6) is 0 Å². The molecule has 0 atom stereocenters. The van der Waals surface area contributed by atoms with Crippen molar-refractivity contribution >= 4 is 0 Å². The van der Waals surface area contributed by atoms with Gasteiger partial charge in [0, 0.05) is 44.9 Å². The Bertz CT molecular complexity index is 713. The molecular formula is C16H20F2N4. The average molecular weight is 306 g/mol. The number of aryl methyl sites for hydroxylation is 2. The molecule has 22 heavy (non-hydrogen) atoms. The molecule has 0 radical (unpaired) electrons. The van der Waals surface area contributed by atoms with Gasteiger partial charge in [0.15, 0.2) is 0 Å². The highest BCUT2D eigenvalue weighted by Crippen LogP contribution is 2.29. The number of benzene rings is 1. The van der Waals surface area contributed by atoms with Gasteiger partial charge in [-0.05, 0) is 6.07 Å². The third-order valence-corrected chi connectivity index (χ3v) is 3.18. The van der Waals surface area contributed by atoms with E-state index in [-0.39, 0.29) is 26.0 Å². The fraction of sp³-hybridized carbons (Fsp3) is 0.250. The molecule has 0 fully saturated rings. The quantitative estimate of drug-likeness (QED) is 0.716. The van der Waals surface area contributed by atoms with Crippen molar-refractivity contribution in [2.24, 2.45) is 14.1 Å². The molecule has 0 unspecified atom stereocenters. The summed E-state index contributed by atoms with van der Waals surface area (Å²) in [6, 6.07) is 2.31. The maximum atomic E-state index is 14.0. The predicted octanol–water partition coefficient (Wildman–Crippen LogP) is 4.04. The van der Waals surface area contributed by atoms with E-state index in [1.54, 1.807) is 48.0 Å². The largest absolute Gasteiger partial charge is 0.334 e. The second-order valence-corrected chi connectivity index (χ2v) is 4.54. The van der Waals surface area contributed by atoms with Gasteiger partial charge in [-0.25, -0.2) is 18.7 Å². The zero-order valence-electron chi connectivity index (χ0n) is 11.0. The molecule has 118 valence electrons. The molecule has 0 amide bonds. The molecule has 0 saturated carbocycles. The fourth-order valence-electron chi connectivity index (χ4n) is 2.14. The van der Waals surface area contributed by atoms with Crippen LogP contribution in [0.25, 0.3) is 22.8 Å². The molecule has 1 aromatic carbocycles. The van der Waals surface area contributed by atoms with Crippen molar-refractivity contribution in [2.75, 3.05) is 0 Å². The van der Waals surface area contributed by atoms with Crippen LogP contribution in [0, 0.1) is 11.6 Å². The van der Waals surface area contributed by atoms with E-state index < -0.39 is 11.6 Å². The molecule has 0 aliphatic heterocycles. The Kier molecular flexibility index (Phi) is 5.19. The van der Waals surface area contributed by atoms with Crippen molar-refractivity contribution in [1.29, 1.82) is 0 Å². The third-order valence-electron chi connectivity index (χ3n) is 3.18. The molecule has 0 saturated heterocycles. The third kappa shape index (κ3) is 2.77. The number of aromatic nitrogens is 4. The molecule has 3 rings (SSSR count). The summed E-state index contributed by atoms with van der Waals surface area (Å²) >= 11 is 0. The Morgan fingerprint density at radius 1 is 0.773 bits per heavy atom. The van der Waals surface area contributed by atoms with Crippen LogP contribution in [-0.4, -0.2) is 19.1 Å².